The molecule has 0 aromatic rings. The lowest BCUT2D eigenvalue weighted by Crippen LogP contribution is -2.24. The highest BCUT2D eigenvalue weighted by Gasteiger charge is 2.59. The summed E-state index contributed by atoms with van der Waals surface area (Å²) in [5.74, 6) is -0.539. The first kappa shape index (κ1) is 8.89. The lowest BCUT2D eigenvalue weighted by Gasteiger charge is -2.19. The number of cyclic esters (lactones) is 2. The van der Waals surface area contributed by atoms with Crippen LogP contribution in [0.2, 0.25) is 0 Å². The maximum absolute atomic E-state index is 11.5. The first-order valence-corrected chi connectivity index (χ1v) is 5.29. The number of rotatable bonds is 2. The zero-order valence-electron chi connectivity index (χ0n) is 8.31. The Labute approximate surface area is 87.8 Å². The van der Waals surface area contributed by atoms with E-state index in [9.17, 15) is 9.59 Å². The summed E-state index contributed by atoms with van der Waals surface area (Å²) >= 11 is 0. The molecule has 0 N–H and O–H groups in total. The van der Waals surface area contributed by atoms with E-state index in [0.29, 0.717) is 0 Å². The zero-order valence-corrected chi connectivity index (χ0v) is 8.31. The van der Waals surface area contributed by atoms with E-state index in [0.717, 1.165) is 12.8 Å². The quantitative estimate of drug-likeness (QED) is 0.388. The molecule has 4 atom stereocenters. The number of fused-ring (bicyclic) bond motifs is 5. The van der Waals surface area contributed by atoms with Crippen molar-refractivity contribution >= 4 is 11.9 Å². The van der Waals surface area contributed by atoms with E-state index >= 15 is 0 Å². The van der Waals surface area contributed by atoms with Crippen molar-refractivity contribution in [3.05, 3.63) is 24.3 Å². The van der Waals surface area contributed by atoms with Crippen LogP contribution in [-0.4, -0.2) is 11.9 Å². The number of carbonyl (C=O) groups is 2. The van der Waals surface area contributed by atoms with Crippen LogP contribution >= 0.6 is 0 Å². The molecule has 3 rings (SSSR count). The third-order valence-corrected chi connectivity index (χ3v) is 3.84. The summed E-state index contributed by atoms with van der Waals surface area (Å²) in [6.45, 7) is 3.70. The summed E-state index contributed by atoms with van der Waals surface area (Å²) in [7, 11) is 0. The molecule has 2 aliphatic carbocycles. The highest BCUT2D eigenvalue weighted by molar-refractivity contribution is 5.98. The van der Waals surface area contributed by atoms with E-state index in [1.165, 1.54) is 5.57 Å². The Hall–Kier alpha value is -1.38. The van der Waals surface area contributed by atoms with E-state index in [2.05, 4.69) is 12.7 Å². The van der Waals surface area contributed by atoms with Crippen LogP contribution < -0.4 is 0 Å². The van der Waals surface area contributed by atoms with E-state index < -0.39 is 0 Å². The maximum atomic E-state index is 11.5. The standard InChI is InChI=1S/C12H12O3/c1-2-3-6-4-7-5-8(6)10-9(7)11(13)15-12(10)14/h2,4,7-10H,1,3,5H2/t7-,8+,9-,10+/m0/s1. The van der Waals surface area contributed by atoms with Crippen LogP contribution in [0.15, 0.2) is 24.3 Å². The summed E-state index contributed by atoms with van der Waals surface area (Å²) in [5, 5.41) is 0. The molecule has 2 bridgehead atoms. The van der Waals surface area contributed by atoms with Gasteiger partial charge in [0.2, 0.25) is 0 Å². The van der Waals surface area contributed by atoms with Crippen molar-refractivity contribution < 1.29 is 14.3 Å². The monoisotopic (exact) mass is 204 g/mol. The molecule has 3 heteroatoms. The average Bonchev–Trinajstić information content (AvgIpc) is 2.80. The van der Waals surface area contributed by atoms with Crippen LogP contribution in [0.5, 0.6) is 0 Å². The SMILES string of the molecule is C=CCC1=C[C@H]2C[C@H]1[C@H]1C(=O)OC(=O)[C@H]12. The second-order valence-corrected chi connectivity index (χ2v) is 4.53. The molecular weight excluding hydrogens is 192 g/mol. The van der Waals surface area contributed by atoms with Gasteiger partial charge in [0.05, 0.1) is 11.8 Å². The van der Waals surface area contributed by atoms with Gasteiger partial charge in [0, 0.05) is 0 Å². The number of carbonyl (C=O) groups excluding carboxylic acids is 2. The van der Waals surface area contributed by atoms with Crippen molar-refractivity contribution in [2.75, 3.05) is 0 Å². The van der Waals surface area contributed by atoms with Crippen molar-refractivity contribution in [3.8, 4) is 0 Å². The normalized spacial score (nSPS) is 41.5. The average molecular weight is 204 g/mol. The number of ether oxygens (including phenoxy) is 1. The van der Waals surface area contributed by atoms with Crippen molar-refractivity contribution in [3.63, 3.8) is 0 Å². The van der Waals surface area contributed by atoms with Crippen LogP contribution in [0, 0.1) is 23.7 Å². The Morgan fingerprint density at radius 3 is 2.87 bits per heavy atom. The van der Waals surface area contributed by atoms with Gasteiger partial charge in [-0.05, 0) is 24.7 Å². The Morgan fingerprint density at radius 2 is 2.13 bits per heavy atom. The first-order chi connectivity index (χ1) is 7.22. The third kappa shape index (κ3) is 1.01. The van der Waals surface area contributed by atoms with Crippen LogP contribution in [0.1, 0.15) is 12.8 Å². The minimum atomic E-state index is -0.314. The summed E-state index contributed by atoms with van der Waals surface area (Å²) in [6.07, 6.45) is 5.77. The van der Waals surface area contributed by atoms with E-state index in [-0.39, 0.29) is 35.6 Å². The molecular formula is C12H12O3. The van der Waals surface area contributed by atoms with Gasteiger partial charge in [0.15, 0.2) is 0 Å². The molecule has 1 saturated heterocycles. The molecule has 0 aromatic heterocycles. The molecule has 15 heavy (non-hydrogen) atoms. The molecule has 78 valence electrons. The smallest absolute Gasteiger partial charge is 0.318 e. The van der Waals surface area contributed by atoms with E-state index in [4.69, 9.17) is 4.74 Å². The van der Waals surface area contributed by atoms with Crippen LogP contribution in [0.25, 0.3) is 0 Å². The molecule has 2 fully saturated rings. The predicted octanol–water partition coefficient (Wildman–Crippen LogP) is 1.45. The van der Waals surface area contributed by atoms with E-state index in [1.807, 2.05) is 6.08 Å². The lowest BCUT2D eigenvalue weighted by atomic mass is 9.80. The summed E-state index contributed by atoms with van der Waals surface area (Å²) < 4.78 is 4.70. The van der Waals surface area contributed by atoms with Gasteiger partial charge in [-0.1, -0.05) is 17.7 Å². The molecule has 3 nitrogen and oxygen atoms in total. The Bertz CT molecular complexity index is 394. The molecule has 0 amide bonds. The van der Waals surface area contributed by atoms with Crippen LogP contribution in [-0.2, 0) is 14.3 Å². The summed E-state index contributed by atoms with van der Waals surface area (Å²) in [5.41, 5.74) is 1.27. The largest absolute Gasteiger partial charge is 0.393 e. The van der Waals surface area contributed by atoms with Gasteiger partial charge in [0.25, 0.3) is 0 Å². The molecule has 0 aromatic carbocycles. The molecule has 1 heterocycles. The number of allylic oxidation sites excluding steroid dienone is 3. The van der Waals surface area contributed by atoms with Crippen LogP contribution in [0.4, 0.5) is 0 Å². The topological polar surface area (TPSA) is 43.4 Å². The number of esters is 2. The third-order valence-electron chi connectivity index (χ3n) is 3.84. The van der Waals surface area contributed by atoms with E-state index in [1.54, 1.807) is 0 Å². The fraction of sp³-hybridized carbons (Fsp3) is 0.500. The van der Waals surface area contributed by atoms with Crippen molar-refractivity contribution in [2.45, 2.75) is 12.8 Å². The van der Waals surface area contributed by atoms with Crippen molar-refractivity contribution in [1.82, 2.24) is 0 Å². The Morgan fingerprint density at radius 1 is 1.40 bits per heavy atom. The molecule has 0 unspecified atom stereocenters. The van der Waals surface area contributed by atoms with Gasteiger partial charge < -0.3 is 4.74 Å². The lowest BCUT2D eigenvalue weighted by molar-refractivity contribution is -0.154. The molecule has 1 aliphatic heterocycles. The zero-order chi connectivity index (χ0) is 10.6. The first-order valence-electron chi connectivity index (χ1n) is 5.29. The molecule has 0 spiro atoms. The number of hydrogen-bond donors (Lipinski definition) is 0. The Kier molecular flexibility index (Phi) is 1.67. The van der Waals surface area contributed by atoms with Gasteiger partial charge in [-0.25, -0.2) is 0 Å². The maximum Gasteiger partial charge on any atom is 0.318 e. The highest BCUT2D eigenvalue weighted by atomic mass is 16.6. The van der Waals surface area contributed by atoms with Gasteiger partial charge in [-0.3, -0.25) is 9.59 Å². The van der Waals surface area contributed by atoms with Gasteiger partial charge in [0.1, 0.15) is 0 Å². The minimum absolute atomic E-state index is 0.184. The molecule has 1 saturated carbocycles. The van der Waals surface area contributed by atoms with Gasteiger partial charge in [-0.2, -0.15) is 0 Å². The predicted molar refractivity (Wildman–Crippen MR) is 52.6 cm³/mol. The van der Waals surface area contributed by atoms with Gasteiger partial charge in [-0.15, -0.1) is 6.58 Å². The molecule has 0 radical (unpaired) electrons. The summed E-state index contributed by atoms with van der Waals surface area (Å²) in [4.78, 5) is 22.9. The summed E-state index contributed by atoms with van der Waals surface area (Å²) in [6, 6.07) is 0. The fourth-order valence-electron chi connectivity index (χ4n) is 3.31. The molecule has 3 aliphatic rings. The Balaban J connectivity index is 1.96. The second kappa shape index (κ2) is 2.81. The second-order valence-electron chi connectivity index (χ2n) is 4.53. The van der Waals surface area contributed by atoms with Crippen LogP contribution in [0.3, 0.4) is 0 Å². The van der Waals surface area contributed by atoms with Crippen molar-refractivity contribution in [2.24, 2.45) is 23.7 Å². The highest BCUT2D eigenvalue weighted by Crippen LogP contribution is 2.55. The van der Waals surface area contributed by atoms with Crippen molar-refractivity contribution in [1.29, 1.82) is 0 Å². The minimum Gasteiger partial charge on any atom is -0.393 e. The number of hydrogen-bond acceptors (Lipinski definition) is 3. The fourth-order valence-corrected chi connectivity index (χ4v) is 3.31. The van der Waals surface area contributed by atoms with Gasteiger partial charge >= 0.3 is 11.9 Å².